The summed E-state index contributed by atoms with van der Waals surface area (Å²) in [6, 6.07) is 17.0. The predicted octanol–water partition coefficient (Wildman–Crippen LogP) is 6.65. The fourth-order valence-corrected chi connectivity index (χ4v) is 3.98. The van der Waals surface area contributed by atoms with Gasteiger partial charge in [0.05, 0.1) is 0 Å². The zero-order chi connectivity index (χ0) is 19.0. The van der Waals surface area contributed by atoms with Crippen molar-refractivity contribution in [1.82, 2.24) is 0 Å². The maximum Gasteiger partial charge on any atom is 0.573 e. The molecule has 0 aromatic heterocycles. The van der Waals surface area contributed by atoms with E-state index in [1.54, 1.807) is 12.1 Å². The topological polar surface area (TPSA) is 9.23 Å². The molecule has 1 atom stereocenters. The van der Waals surface area contributed by atoms with Gasteiger partial charge in [0, 0.05) is 0 Å². The Morgan fingerprint density at radius 3 is 2.48 bits per heavy atom. The van der Waals surface area contributed by atoms with Crippen molar-refractivity contribution in [2.45, 2.75) is 31.5 Å². The Morgan fingerprint density at radius 1 is 1.00 bits per heavy atom. The maximum absolute atomic E-state index is 12.3. The van der Waals surface area contributed by atoms with Gasteiger partial charge in [-0.2, -0.15) is 0 Å². The van der Waals surface area contributed by atoms with Crippen LogP contribution in [0.4, 0.5) is 13.2 Å². The molecule has 138 valence electrons. The third-order valence-electron chi connectivity index (χ3n) is 5.28. The lowest BCUT2D eigenvalue weighted by molar-refractivity contribution is -0.274. The zero-order valence-corrected chi connectivity index (χ0v) is 14.7. The van der Waals surface area contributed by atoms with Crippen LogP contribution in [0.25, 0.3) is 16.8 Å². The predicted molar refractivity (Wildman–Crippen MR) is 102 cm³/mol. The maximum atomic E-state index is 12.3. The molecule has 1 unspecified atom stereocenters. The highest BCUT2D eigenvalue weighted by molar-refractivity contribution is 5.88. The summed E-state index contributed by atoms with van der Waals surface area (Å²) in [6.45, 7) is 3.82. The molecule has 1 aliphatic carbocycles. The van der Waals surface area contributed by atoms with Crippen molar-refractivity contribution in [3.8, 4) is 5.75 Å². The monoisotopic (exact) mass is 368 g/mol. The summed E-state index contributed by atoms with van der Waals surface area (Å²) in [5, 5.41) is 2.50. The molecule has 27 heavy (non-hydrogen) atoms. The second-order valence-corrected chi connectivity index (χ2v) is 6.94. The molecule has 3 aromatic rings. The van der Waals surface area contributed by atoms with Crippen molar-refractivity contribution < 1.29 is 17.9 Å². The van der Waals surface area contributed by atoms with Gasteiger partial charge in [0.1, 0.15) is 5.75 Å². The number of hydrogen-bond acceptors (Lipinski definition) is 1. The van der Waals surface area contributed by atoms with E-state index in [1.165, 1.54) is 34.0 Å². The van der Waals surface area contributed by atoms with Crippen LogP contribution in [0.2, 0.25) is 0 Å². The first-order valence-electron chi connectivity index (χ1n) is 8.95. The molecule has 0 fully saturated rings. The number of aryl methyl sites for hydroxylation is 1. The summed E-state index contributed by atoms with van der Waals surface area (Å²) in [4.78, 5) is 0. The molecule has 0 aliphatic heterocycles. The largest absolute Gasteiger partial charge is 0.573 e. The number of rotatable bonds is 3. The van der Waals surface area contributed by atoms with Crippen molar-refractivity contribution in [2.24, 2.45) is 0 Å². The van der Waals surface area contributed by atoms with Gasteiger partial charge in [-0.1, -0.05) is 49.1 Å². The van der Waals surface area contributed by atoms with Gasteiger partial charge in [-0.25, -0.2) is 0 Å². The van der Waals surface area contributed by atoms with Crippen molar-refractivity contribution in [3.05, 3.63) is 83.4 Å². The normalized spacial score (nSPS) is 16.8. The molecule has 0 spiro atoms. The Hall–Kier alpha value is -2.75. The molecule has 4 rings (SSSR count). The second kappa shape index (κ2) is 6.76. The molecule has 0 radical (unpaired) electrons. The smallest absolute Gasteiger partial charge is 0.406 e. The van der Waals surface area contributed by atoms with Crippen LogP contribution in [0.15, 0.2) is 61.2 Å². The standard InChI is InChI=1S/C23H19F3O/c1-2-15-3-11-21-18(13-15)4-5-19-14-17(8-12-22(19)21)16-6-9-20(10-7-16)27-23(24,25)26/h2-7,9-11,13,17H,1,8,12,14H2. The molecule has 4 heteroatoms. The van der Waals surface area contributed by atoms with E-state index in [1.807, 2.05) is 6.08 Å². The summed E-state index contributed by atoms with van der Waals surface area (Å²) in [5.74, 6) is 0.133. The van der Waals surface area contributed by atoms with Crippen LogP contribution in [-0.4, -0.2) is 6.36 Å². The third-order valence-corrected chi connectivity index (χ3v) is 5.28. The molecular weight excluding hydrogens is 349 g/mol. The van der Waals surface area contributed by atoms with Crippen LogP contribution in [0, 0.1) is 0 Å². The van der Waals surface area contributed by atoms with Gasteiger partial charge in [0.2, 0.25) is 0 Å². The van der Waals surface area contributed by atoms with Crippen LogP contribution in [-0.2, 0) is 12.8 Å². The SMILES string of the molecule is C=Cc1ccc2c3c(ccc2c1)CC(c1ccc(OC(F)(F)F)cc1)CC3. The number of ether oxygens (including phenoxy) is 1. The van der Waals surface area contributed by atoms with E-state index in [9.17, 15) is 13.2 Å². The van der Waals surface area contributed by atoms with Gasteiger partial charge >= 0.3 is 6.36 Å². The summed E-state index contributed by atoms with van der Waals surface area (Å²) in [7, 11) is 0. The molecule has 0 saturated heterocycles. The summed E-state index contributed by atoms with van der Waals surface area (Å²) < 4.78 is 40.9. The molecular formula is C23H19F3O. The first-order valence-corrected chi connectivity index (χ1v) is 8.95. The van der Waals surface area contributed by atoms with E-state index in [0.717, 1.165) is 30.4 Å². The Bertz CT molecular complexity index is 987. The highest BCUT2D eigenvalue weighted by Gasteiger charge is 2.31. The number of benzene rings is 3. The van der Waals surface area contributed by atoms with Crippen LogP contribution in [0.5, 0.6) is 5.75 Å². The Morgan fingerprint density at radius 2 is 1.78 bits per heavy atom. The van der Waals surface area contributed by atoms with Gasteiger partial charge in [-0.15, -0.1) is 13.2 Å². The van der Waals surface area contributed by atoms with Crippen LogP contribution in [0.1, 0.15) is 34.6 Å². The Balaban J connectivity index is 1.58. The van der Waals surface area contributed by atoms with Crippen molar-refractivity contribution in [2.75, 3.05) is 0 Å². The number of hydrogen-bond donors (Lipinski definition) is 0. The minimum absolute atomic E-state index is 0.175. The Labute approximate surface area is 156 Å². The number of alkyl halides is 3. The fraction of sp³-hybridized carbons (Fsp3) is 0.217. The molecule has 0 saturated carbocycles. The molecule has 3 aromatic carbocycles. The van der Waals surface area contributed by atoms with E-state index in [2.05, 4.69) is 41.6 Å². The highest BCUT2D eigenvalue weighted by atomic mass is 19.4. The Kier molecular flexibility index (Phi) is 4.42. The zero-order valence-electron chi connectivity index (χ0n) is 14.7. The van der Waals surface area contributed by atoms with Crippen molar-refractivity contribution >= 4 is 16.8 Å². The first-order chi connectivity index (χ1) is 12.9. The van der Waals surface area contributed by atoms with Gasteiger partial charge in [0.25, 0.3) is 0 Å². The highest BCUT2D eigenvalue weighted by Crippen LogP contribution is 2.37. The minimum atomic E-state index is -4.65. The lowest BCUT2D eigenvalue weighted by Gasteiger charge is -2.26. The van der Waals surface area contributed by atoms with Gasteiger partial charge in [0.15, 0.2) is 0 Å². The van der Waals surface area contributed by atoms with Gasteiger partial charge in [-0.05, 0) is 76.4 Å². The molecule has 0 heterocycles. The molecule has 0 bridgehead atoms. The second-order valence-electron chi connectivity index (χ2n) is 6.94. The fourth-order valence-electron chi connectivity index (χ4n) is 3.98. The van der Waals surface area contributed by atoms with E-state index in [-0.39, 0.29) is 5.75 Å². The van der Waals surface area contributed by atoms with Crippen molar-refractivity contribution in [3.63, 3.8) is 0 Å². The average Bonchev–Trinajstić information content (AvgIpc) is 2.66. The molecule has 0 N–H and O–H groups in total. The lowest BCUT2D eigenvalue weighted by atomic mass is 9.78. The third kappa shape index (κ3) is 3.70. The summed E-state index contributed by atoms with van der Waals surface area (Å²) in [5.41, 5.74) is 4.87. The number of fused-ring (bicyclic) bond motifs is 3. The van der Waals surface area contributed by atoms with Crippen LogP contribution >= 0.6 is 0 Å². The lowest BCUT2D eigenvalue weighted by Crippen LogP contribution is -2.17. The van der Waals surface area contributed by atoms with Crippen LogP contribution < -0.4 is 4.74 Å². The van der Waals surface area contributed by atoms with E-state index < -0.39 is 6.36 Å². The first kappa shape index (κ1) is 17.7. The summed E-state index contributed by atoms with van der Waals surface area (Å²) >= 11 is 0. The van der Waals surface area contributed by atoms with Crippen LogP contribution in [0.3, 0.4) is 0 Å². The summed E-state index contributed by atoms with van der Waals surface area (Å²) in [6.07, 6.45) is 0.0350. The van der Waals surface area contributed by atoms with E-state index >= 15 is 0 Å². The molecule has 1 aliphatic rings. The molecule has 1 nitrogen and oxygen atoms in total. The van der Waals surface area contributed by atoms with Gasteiger partial charge in [-0.3, -0.25) is 0 Å². The number of halogens is 3. The quantitative estimate of drug-likeness (QED) is 0.503. The van der Waals surface area contributed by atoms with Gasteiger partial charge < -0.3 is 4.74 Å². The van der Waals surface area contributed by atoms with E-state index in [4.69, 9.17) is 0 Å². The minimum Gasteiger partial charge on any atom is -0.406 e. The van der Waals surface area contributed by atoms with Crippen molar-refractivity contribution in [1.29, 1.82) is 0 Å². The van der Waals surface area contributed by atoms with E-state index in [0.29, 0.717) is 5.92 Å². The molecule has 0 amide bonds. The average molecular weight is 368 g/mol.